The molecular formula is C15H12N4OS. The Morgan fingerprint density at radius 3 is 2.57 bits per heavy atom. The number of benzene rings is 1. The van der Waals surface area contributed by atoms with E-state index in [-0.39, 0.29) is 11.1 Å². The lowest BCUT2D eigenvalue weighted by Gasteiger charge is -1.97. The summed E-state index contributed by atoms with van der Waals surface area (Å²) < 4.78 is 2.29. The molecule has 104 valence electrons. The van der Waals surface area contributed by atoms with E-state index in [1.165, 1.54) is 4.57 Å². The van der Waals surface area contributed by atoms with Gasteiger partial charge in [-0.15, -0.1) is 11.3 Å². The van der Waals surface area contributed by atoms with E-state index < -0.39 is 0 Å². The number of aromatic nitrogens is 1. The molecule has 21 heavy (non-hydrogen) atoms. The molecule has 5 nitrogen and oxygen atoms in total. The van der Waals surface area contributed by atoms with Crippen molar-refractivity contribution in [1.29, 1.82) is 10.5 Å². The number of nitrogens with one attached hydrogen (secondary N) is 1. The zero-order chi connectivity index (χ0) is 15.2. The Morgan fingerprint density at radius 1 is 1.33 bits per heavy atom. The van der Waals surface area contributed by atoms with Crippen LogP contribution in [0.3, 0.4) is 0 Å². The minimum absolute atomic E-state index is 0.0432. The predicted octanol–water partition coefficient (Wildman–Crippen LogP) is 0.978. The molecule has 0 aliphatic carbocycles. The van der Waals surface area contributed by atoms with Gasteiger partial charge in [-0.3, -0.25) is 9.36 Å². The van der Waals surface area contributed by atoms with Gasteiger partial charge >= 0.3 is 0 Å². The number of hydrogen-bond acceptors (Lipinski definition) is 5. The molecule has 1 aromatic carbocycles. The van der Waals surface area contributed by atoms with E-state index in [0.29, 0.717) is 15.7 Å². The minimum atomic E-state index is -0.205. The highest BCUT2D eigenvalue weighted by Gasteiger charge is 2.07. The third kappa shape index (κ3) is 3.02. The largest absolute Gasteiger partial charge is 0.360 e. The van der Waals surface area contributed by atoms with Gasteiger partial charge in [0, 0.05) is 18.4 Å². The predicted molar refractivity (Wildman–Crippen MR) is 82.7 cm³/mol. The summed E-state index contributed by atoms with van der Waals surface area (Å²) in [5.41, 5.74) is 0.613. The van der Waals surface area contributed by atoms with E-state index in [9.17, 15) is 4.79 Å². The van der Waals surface area contributed by atoms with Crippen LogP contribution in [0.5, 0.6) is 0 Å². The molecule has 0 fully saturated rings. The van der Waals surface area contributed by atoms with Crippen LogP contribution in [0.1, 0.15) is 6.92 Å². The smallest absolute Gasteiger partial charge is 0.270 e. The molecule has 6 heteroatoms. The van der Waals surface area contributed by atoms with Crippen molar-refractivity contribution in [3.8, 4) is 12.1 Å². The van der Waals surface area contributed by atoms with Crippen LogP contribution in [0.25, 0.3) is 11.8 Å². The first-order valence-electron chi connectivity index (χ1n) is 6.27. The van der Waals surface area contributed by atoms with Crippen LogP contribution in [0.2, 0.25) is 0 Å². The van der Waals surface area contributed by atoms with E-state index in [1.54, 1.807) is 13.1 Å². The highest BCUT2D eigenvalue weighted by atomic mass is 32.1. The van der Waals surface area contributed by atoms with Crippen molar-refractivity contribution in [2.45, 2.75) is 13.5 Å². The molecule has 0 aliphatic rings. The summed E-state index contributed by atoms with van der Waals surface area (Å²) in [6, 6.07) is 13.1. The molecule has 0 amide bonds. The van der Waals surface area contributed by atoms with E-state index in [1.807, 2.05) is 42.5 Å². The Hall–Kier alpha value is -2.83. The highest BCUT2D eigenvalue weighted by molar-refractivity contribution is 7.07. The van der Waals surface area contributed by atoms with Crippen molar-refractivity contribution in [2.75, 3.05) is 5.32 Å². The Bertz CT molecular complexity index is 878. The first-order valence-corrected chi connectivity index (χ1v) is 7.08. The van der Waals surface area contributed by atoms with Gasteiger partial charge in [0.2, 0.25) is 0 Å². The summed E-state index contributed by atoms with van der Waals surface area (Å²) in [7, 11) is 0. The fourth-order valence-electron chi connectivity index (χ4n) is 1.80. The van der Waals surface area contributed by atoms with Gasteiger partial charge in [0.25, 0.3) is 5.56 Å². The molecule has 1 N–H and O–H groups in total. The van der Waals surface area contributed by atoms with E-state index in [0.717, 1.165) is 17.0 Å². The first-order chi connectivity index (χ1) is 10.2. The molecule has 0 atom stereocenters. The lowest BCUT2D eigenvalue weighted by molar-refractivity contribution is 0.722. The normalized spacial score (nSPS) is 10.7. The average Bonchev–Trinajstić information content (AvgIpc) is 2.83. The number of anilines is 1. The second-order valence-electron chi connectivity index (χ2n) is 4.07. The molecule has 0 spiro atoms. The fraction of sp³-hybridized carbons (Fsp3) is 0.133. The maximum absolute atomic E-state index is 12.2. The summed E-state index contributed by atoms with van der Waals surface area (Å²) in [6.45, 7) is 2.22. The second kappa shape index (κ2) is 6.56. The number of hydrogen-bond donors (Lipinski definition) is 1. The van der Waals surface area contributed by atoms with Crippen molar-refractivity contribution >= 4 is 28.8 Å². The Balaban J connectivity index is 2.59. The molecule has 0 saturated heterocycles. The van der Waals surface area contributed by atoms with Gasteiger partial charge in [0.15, 0.2) is 5.57 Å². The topological polar surface area (TPSA) is 81.6 Å². The van der Waals surface area contributed by atoms with Crippen LogP contribution in [-0.2, 0) is 6.54 Å². The SMILES string of the molecule is CCn1c(=C(C#N)C#N)s/c(=C/Nc2ccccc2)c1=O. The molecule has 2 aromatic rings. The van der Waals surface area contributed by atoms with Gasteiger partial charge in [-0.05, 0) is 19.1 Å². The minimum Gasteiger partial charge on any atom is -0.360 e. The number of rotatable bonds is 3. The van der Waals surface area contributed by atoms with Crippen LogP contribution in [0.4, 0.5) is 5.69 Å². The maximum Gasteiger partial charge on any atom is 0.270 e. The lowest BCUT2D eigenvalue weighted by Crippen LogP contribution is -2.31. The zero-order valence-electron chi connectivity index (χ0n) is 11.3. The van der Waals surface area contributed by atoms with Crippen LogP contribution in [0, 0.1) is 22.7 Å². The molecule has 0 bridgehead atoms. The summed E-state index contributed by atoms with van der Waals surface area (Å²) in [5, 5.41) is 21.0. The third-order valence-electron chi connectivity index (χ3n) is 2.81. The van der Waals surface area contributed by atoms with Crippen molar-refractivity contribution in [3.63, 3.8) is 0 Å². The van der Waals surface area contributed by atoms with Crippen LogP contribution < -0.4 is 20.1 Å². The summed E-state index contributed by atoms with van der Waals surface area (Å²) in [5.74, 6) is 0. The zero-order valence-corrected chi connectivity index (χ0v) is 12.1. The third-order valence-corrected chi connectivity index (χ3v) is 3.94. The molecule has 2 rings (SSSR count). The van der Waals surface area contributed by atoms with Crippen molar-refractivity contribution < 1.29 is 0 Å². The van der Waals surface area contributed by atoms with Gasteiger partial charge in [-0.25, -0.2) is 0 Å². The Morgan fingerprint density at radius 2 is 2.00 bits per heavy atom. The molecule has 0 radical (unpaired) electrons. The summed E-state index contributed by atoms with van der Waals surface area (Å²) >= 11 is 1.14. The van der Waals surface area contributed by atoms with Crippen molar-refractivity contribution in [1.82, 2.24) is 4.57 Å². The monoisotopic (exact) mass is 296 g/mol. The number of thiazole rings is 1. The summed E-state index contributed by atoms with van der Waals surface area (Å²) in [4.78, 5) is 12.2. The van der Waals surface area contributed by atoms with Gasteiger partial charge in [0.05, 0.1) is 0 Å². The van der Waals surface area contributed by atoms with Crippen LogP contribution >= 0.6 is 11.3 Å². The number of nitrogens with zero attached hydrogens (tertiary/aromatic N) is 3. The fourth-order valence-corrected chi connectivity index (χ4v) is 2.84. The Labute approximate surface area is 125 Å². The molecule has 1 aromatic heterocycles. The second-order valence-corrected chi connectivity index (χ2v) is 5.10. The van der Waals surface area contributed by atoms with Gasteiger partial charge in [-0.2, -0.15) is 10.5 Å². The van der Waals surface area contributed by atoms with Crippen LogP contribution in [-0.4, -0.2) is 4.57 Å². The molecular weight excluding hydrogens is 284 g/mol. The molecule has 0 aliphatic heterocycles. The van der Waals surface area contributed by atoms with Gasteiger partial charge < -0.3 is 5.32 Å². The number of nitriles is 2. The van der Waals surface area contributed by atoms with Crippen molar-refractivity contribution in [2.24, 2.45) is 0 Å². The van der Waals surface area contributed by atoms with E-state index >= 15 is 0 Å². The number of para-hydroxylation sites is 1. The maximum atomic E-state index is 12.2. The highest BCUT2D eigenvalue weighted by Crippen LogP contribution is 2.03. The molecule has 0 saturated carbocycles. The summed E-state index contributed by atoms with van der Waals surface area (Å²) in [6.07, 6.45) is 1.60. The van der Waals surface area contributed by atoms with Gasteiger partial charge in [-0.1, -0.05) is 18.2 Å². The lowest BCUT2D eigenvalue weighted by atomic mass is 10.3. The average molecular weight is 296 g/mol. The molecule has 1 heterocycles. The first kappa shape index (κ1) is 14.6. The van der Waals surface area contributed by atoms with Crippen molar-refractivity contribution in [3.05, 3.63) is 49.9 Å². The quantitative estimate of drug-likeness (QED) is 0.915. The van der Waals surface area contributed by atoms with E-state index in [2.05, 4.69) is 5.32 Å². The molecule has 0 unspecified atom stereocenters. The van der Waals surface area contributed by atoms with Crippen LogP contribution in [0.15, 0.2) is 35.1 Å². The van der Waals surface area contributed by atoms with Gasteiger partial charge in [0.1, 0.15) is 21.3 Å². The standard InChI is InChI=1S/C15H12N4OS/c1-2-19-14(20)13(21-15(19)11(8-16)9-17)10-18-12-6-4-3-5-7-12/h3-7,10,18H,2H2,1H3/b13-10+. The van der Waals surface area contributed by atoms with E-state index in [4.69, 9.17) is 10.5 Å². The Kier molecular flexibility index (Phi) is 4.55.